The maximum atomic E-state index is 13.4. The highest BCUT2D eigenvalue weighted by atomic mass is 16.5. The third-order valence-corrected chi connectivity index (χ3v) is 6.42. The molecule has 2 N–H and O–H groups in total. The molecule has 3 aromatic rings. The van der Waals surface area contributed by atoms with E-state index in [1.165, 1.54) is 12.0 Å². The molecule has 10 nitrogen and oxygen atoms in total. The monoisotopic (exact) mass is 574 g/mol. The second-order valence-electron chi connectivity index (χ2n) is 10.0. The molecular formula is C32H38N4O6. The summed E-state index contributed by atoms with van der Waals surface area (Å²) in [5.74, 6) is -0.265. The fourth-order valence-electron chi connectivity index (χ4n) is 4.03. The van der Waals surface area contributed by atoms with Crippen molar-refractivity contribution in [2.24, 2.45) is 5.92 Å². The lowest BCUT2D eigenvalue weighted by molar-refractivity contribution is -0.139. The second kappa shape index (κ2) is 15.8. The molecular weight excluding hydrogens is 536 g/mol. The number of benzene rings is 3. The third-order valence-electron chi connectivity index (χ3n) is 6.42. The zero-order valence-electron chi connectivity index (χ0n) is 24.5. The van der Waals surface area contributed by atoms with E-state index >= 15 is 0 Å². The van der Waals surface area contributed by atoms with Gasteiger partial charge in [-0.05, 0) is 54.3 Å². The minimum Gasteiger partial charge on any atom is -0.482 e. The molecule has 0 heterocycles. The van der Waals surface area contributed by atoms with Crippen LogP contribution >= 0.6 is 0 Å². The third kappa shape index (κ3) is 9.65. The number of esters is 1. The fraction of sp³-hybridized carbons (Fsp3) is 0.312. The molecule has 0 radical (unpaired) electrons. The number of nitrogens with one attached hydrogen (secondary N) is 2. The number of methoxy groups -OCH3 is 1. The fourth-order valence-corrected chi connectivity index (χ4v) is 4.03. The van der Waals surface area contributed by atoms with Gasteiger partial charge in [-0.15, -0.1) is 0 Å². The molecule has 3 rings (SSSR count). The van der Waals surface area contributed by atoms with E-state index in [-0.39, 0.29) is 37.4 Å². The van der Waals surface area contributed by atoms with Gasteiger partial charge in [-0.2, -0.15) is 0 Å². The Bertz CT molecular complexity index is 1360. The molecule has 0 atom stereocenters. The topological polar surface area (TPSA) is 117 Å². The predicted octanol–water partition coefficient (Wildman–Crippen LogP) is 4.64. The quantitative estimate of drug-likeness (QED) is 0.287. The zero-order chi connectivity index (χ0) is 30.5. The van der Waals surface area contributed by atoms with Crippen LogP contribution in [0.2, 0.25) is 0 Å². The van der Waals surface area contributed by atoms with Gasteiger partial charge in [-0.1, -0.05) is 56.3 Å². The van der Waals surface area contributed by atoms with E-state index < -0.39 is 6.03 Å². The standard InChI is InChI=1S/C32H38N4O6/c1-23(2)17-18-36(29(37)21-33-32(40)34-25-12-10-11-24(19-25)20-31(39)41-4)27-15-8-9-16-28(27)42-22-30(38)35(3)26-13-6-5-7-14-26/h5-16,19,23H,17-18,20-22H2,1-4H3,(H2,33,34,40). The molecule has 42 heavy (non-hydrogen) atoms. The highest BCUT2D eigenvalue weighted by Gasteiger charge is 2.21. The van der Waals surface area contributed by atoms with E-state index in [2.05, 4.69) is 29.2 Å². The molecule has 3 aromatic carbocycles. The van der Waals surface area contributed by atoms with Crippen molar-refractivity contribution in [3.8, 4) is 5.75 Å². The Kier molecular flexibility index (Phi) is 11.9. The van der Waals surface area contributed by atoms with Crippen LogP contribution in [0.25, 0.3) is 0 Å². The Morgan fingerprint density at radius 3 is 2.31 bits per heavy atom. The summed E-state index contributed by atoms with van der Waals surface area (Å²) in [7, 11) is 2.99. The summed E-state index contributed by atoms with van der Waals surface area (Å²) in [5.41, 5.74) is 2.41. The molecule has 222 valence electrons. The van der Waals surface area contributed by atoms with Gasteiger partial charge in [-0.3, -0.25) is 14.4 Å². The van der Waals surface area contributed by atoms with Gasteiger partial charge in [-0.25, -0.2) is 4.79 Å². The Hall–Kier alpha value is -4.86. The van der Waals surface area contributed by atoms with E-state index in [1.54, 1.807) is 60.5 Å². The van der Waals surface area contributed by atoms with Gasteiger partial charge in [0, 0.05) is 25.0 Å². The summed E-state index contributed by atoms with van der Waals surface area (Å²) in [6, 6.07) is 22.5. The average Bonchev–Trinajstić information content (AvgIpc) is 2.99. The number of hydrogen-bond donors (Lipinski definition) is 2. The van der Waals surface area contributed by atoms with Crippen molar-refractivity contribution in [1.29, 1.82) is 0 Å². The van der Waals surface area contributed by atoms with Crippen LogP contribution in [0.4, 0.5) is 21.9 Å². The van der Waals surface area contributed by atoms with Crippen LogP contribution in [0.15, 0.2) is 78.9 Å². The van der Waals surface area contributed by atoms with Crippen LogP contribution in [0.1, 0.15) is 25.8 Å². The van der Waals surface area contributed by atoms with E-state index in [9.17, 15) is 19.2 Å². The summed E-state index contributed by atoms with van der Waals surface area (Å²) in [6.45, 7) is 4.03. The molecule has 0 spiro atoms. The van der Waals surface area contributed by atoms with Crippen LogP contribution in [0, 0.1) is 5.92 Å². The predicted molar refractivity (Wildman–Crippen MR) is 163 cm³/mol. The first-order valence-corrected chi connectivity index (χ1v) is 13.7. The number of para-hydroxylation sites is 3. The van der Waals surface area contributed by atoms with Crippen LogP contribution in [0.5, 0.6) is 5.75 Å². The molecule has 0 unspecified atom stereocenters. The van der Waals surface area contributed by atoms with Gasteiger partial charge >= 0.3 is 12.0 Å². The Labute approximate surface area is 246 Å². The van der Waals surface area contributed by atoms with Crippen molar-refractivity contribution in [2.75, 3.05) is 49.0 Å². The molecule has 0 aromatic heterocycles. The van der Waals surface area contributed by atoms with Crippen LogP contribution in [-0.4, -0.2) is 57.7 Å². The molecule has 0 aliphatic carbocycles. The largest absolute Gasteiger partial charge is 0.482 e. The molecule has 4 amide bonds. The minimum atomic E-state index is -0.568. The smallest absolute Gasteiger partial charge is 0.319 e. The molecule has 0 fully saturated rings. The van der Waals surface area contributed by atoms with Gasteiger partial charge in [0.05, 0.1) is 25.8 Å². The summed E-state index contributed by atoms with van der Waals surface area (Å²) in [6.07, 6.45) is 0.793. The molecule has 0 saturated carbocycles. The SMILES string of the molecule is COC(=O)Cc1cccc(NC(=O)NCC(=O)N(CCC(C)C)c2ccccc2OCC(=O)N(C)c2ccccc2)c1. The van der Waals surface area contributed by atoms with E-state index in [0.717, 1.165) is 12.1 Å². The van der Waals surface area contributed by atoms with Crippen LogP contribution < -0.4 is 25.2 Å². The van der Waals surface area contributed by atoms with Crippen LogP contribution in [0.3, 0.4) is 0 Å². The number of hydrogen-bond acceptors (Lipinski definition) is 6. The average molecular weight is 575 g/mol. The molecule has 10 heteroatoms. The van der Waals surface area contributed by atoms with Crippen molar-refractivity contribution in [3.05, 3.63) is 84.4 Å². The lowest BCUT2D eigenvalue weighted by atomic mass is 10.1. The lowest BCUT2D eigenvalue weighted by Gasteiger charge is -2.26. The highest BCUT2D eigenvalue weighted by molar-refractivity contribution is 5.99. The Morgan fingerprint density at radius 1 is 0.881 bits per heavy atom. The van der Waals surface area contributed by atoms with Crippen molar-refractivity contribution >= 4 is 40.9 Å². The number of carbonyl (C=O) groups excluding carboxylic acids is 4. The van der Waals surface area contributed by atoms with Crippen molar-refractivity contribution in [1.82, 2.24) is 5.32 Å². The number of carbonyl (C=O) groups is 4. The van der Waals surface area contributed by atoms with E-state index in [1.807, 2.05) is 30.3 Å². The molecule has 0 bridgehead atoms. The first kappa shape index (κ1) is 31.7. The number of nitrogens with zero attached hydrogens (tertiary/aromatic N) is 2. The first-order chi connectivity index (χ1) is 20.2. The van der Waals surface area contributed by atoms with Crippen molar-refractivity contribution in [3.63, 3.8) is 0 Å². The first-order valence-electron chi connectivity index (χ1n) is 13.7. The normalized spacial score (nSPS) is 10.5. The molecule has 0 aliphatic heterocycles. The van der Waals surface area contributed by atoms with Crippen molar-refractivity contribution < 1.29 is 28.7 Å². The zero-order valence-corrected chi connectivity index (χ0v) is 24.5. The van der Waals surface area contributed by atoms with Gasteiger partial charge in [0.25, 0.3) is 5.91 Å². The second-order valence-corrected chi connectivity index (χ2v) is 10.0. The van der Waals surface area contributed by atoms with Crippen molar-refractivity contribution in [2.45, 2.75) is 26.7 Å². The minimum absolute atomic E-state index is 0.0759. The van der Waals surface area contributed by atoms with Gasteiger partial charge in [0.1, 0.15) is 5.75 Å². The van der Waals surface area contributed by atoms with E-state index in [0.29, 0.717) is 35.2 Å². The number of amides is 4. The number of urea groups is 1. The molecule has 0 saturated heterocycles. The van der Waals surface area contributed by atoms with Crippen LogP contribution in [-0.2, 0) is 25.5 Å². The number of anilines is 3. The lowest BCUT2D eigenvalue weighted by Crippen LogP contribution is -2.42. The summed E-state index contributed by atoms with van der Waals surface area (Å²) < 4.78 is 10.6. The van der Waals surface area contributed by atoms with E-state index in [4.69, 9.17) is 4.74 Å². The maximum Gasteiger partial charge on any atom is 0.319 e. The Morgan fingerprint density at radius 2 is 1.60 bits per heavy atom. The Balaban J connectivity index is 1.67. The van der Waals surface area contributed by atoms with Gasteiger partial charge in [0.15, 0.2) is 6.61 Å². The summed E-state index contributed by atoms with van der Waals surface area (Å²) in [5, 5.41) is 5.29. The molecule has 0 aliphatic rings. The van der Waals surface area contributed by atoms with Gasteiger partial charge < -0.3 is 29.9 Å². The summed E-state index contributed by atoms with van der Waals surface area (Å²) >= 11 is 0. The number of ether oxygens (including phenoxy) is 2. The number of rotatable bonds is 13. The van der Waals surface area contributed by atoms with Gasteiger partial charge in [0.2, 0.25) is 5.91 Å². The maximum absolute atomic E-state index is 13.4. The summed E-state index contributed by atoms with van der Waals surface area (Å²) in [4.78, 5) is 53.5. The number of likely N-dealkylation sites (N-methyl/N-ethyl adjacent to an activating group) is 1. The highest BCUT2D eigenvalue weighted by Crippen LogP contribution is 2.29.